The van der Waals surface area contributed by atoms with E-state index >= 15 is 0 Å². The molecule has 0 saturated carbocycles. The van der Waals surface area contributed by atoms with E-state index in [9.17, 15) is 4.79 Å². The molecule has 12 heavy (non-hydrogen) atoms. The number of ether oxygens (including phenoxy) is 2. The summed E-state index contributed by atoms with van der Waals surface area (Å²) >= 11 is 0. The van der Waals surface area contributed by atoms with Crippen LogP contribution < -0.4 is 0 Å². The van der Waals surface area contributed by atoms with Gasteiger partial charge >= 0.3 is 5.97 Å². The fourth-order valence-electron chi connectivity index (χ4n) is 0.514. The molecule has 0 aliphatic heterocycles. The van der Waals surface area contributed by atoms with Crippen LogP contribution in [0.2, 0.25) is 0 Å². The molecular weight excluding hydrogens is 160 g/mol. The van der Waals surface area contributed by atoms with E-state index in [0.29, 0.717) is 25.2 Å². The number of rotatable bonds is 6. The summed E-state index contributed by atoms with van der Waals surface area (Å²) < 4.78 is 9.37. The Morgan fingerprint density at radius 3 is 2.67 bits per heavy atom. The first-order valence-electron chi connectivity index (χ1n) is 3.69. The lowest BCUT2D eigenvalue weighted by Crippen LogP contribution is -2.08. The van der Waals surface area contributed by atoms with Crippen LogP contribution in [0, 0.1) is 0 Å². The van der Waals surface area contributed by atoms with Gasteiger partial charge in [0.25, 0.3) is 0 Å². The van der Waals surface area contributed by atoms with Gasteiger partial charge in [-0.2, -0.15) is 0 Å². The maximum Gasteiger partial charge on any atom is 0.333 e. The average molecular weight is 174 g/mol. The molecule has 4 heteroatoms. The first-order chi connectivity index (χ1) is 5.68. The maximum absolute atomic E-state index is 10.8. The second-order valence-corrected chi connectivity index (χ2v) is 2.31. The Kier molecular flexibility index (Phi) is 6.32. The minimum Gasteiger partial charge on any atom is -0.462 e. The smallest absolute Gasteiger partial charge is 0.333 e. The number of carbonyl (C=O) groups excluding carboxylic acids is 1. The Labute approximate surface area is 71.8 Å². The molecule has 0 aromatic rings. The third kappa shape index (κ3) is 5.88. The molecule has 0 radical (unpaired) electrons. The highest BCUT2D eigenvalue weighted by Gasteiger charge is 2.01. The van der Waals surface area contributed by atoms with Crippen LogP contribution >= 0.6 is 0 Å². The highest BCUT2D eigenvalue weighted by Crippen LogP contribution is 1.93. The van der Waals surface area contributed by atoms with E-state index in [2.05, 4.69) is 11.3 Å². The molecule has 0 rings (SSSR count). The van der Waals surface area contributed by atoms with Crippen molar-refractivity contribution in [2.45, 2.75) is 13.3 Å². The van der Waals surface area contributed by atoms with Crippen molar-refractivity contribution in [1.29, 1.82) is 0 Å². The number of carbonyl (C=O) groups is 1. The zero-order valence-corrected chi connectivity index (χ0v) is 7.21. The topological polar surface area (TPSA) is 55.8 Å². The third-order valence-electron chi connectivity index (χ3n) is 1.11. The number of esters is 1. The minimum atomic E-state index is -0.390. The fourth-order valence-corrected chi connectivity index (χ4v) is 0.514. The van der Waals surface area contributed by atoms with Crippen molar-refractivity contribution in [2.75, 3.05) is 20.0 Å². The van der Waals surface area contributed by atoms with Gasteiger partial charge in [-0.1, -0.05) is 6.58 Å². The van der Waals surface area contributed by atoms with Gasteiger partial charge in [-0.25, -0.2) is 4.79 Å². The molecule has 0 aromatic heterocycles. The van der Waals surface area contributed by atoms with Gasteiger partial charge in [-0.3, -0.25) is 0 Å². The van der Waals surface area contributed by atoms with Gasteiger partial charge in [0.15, 0.2) is 0 Å². The molecule has 0 aromatic carbocycles. The Bertz CT molecular complexity index is 153. The van der Waals surface area contributed by atoms with E-state index in [1.165, 1.54) is 0 Å². The van der Waals surface area contributed by atoms with Crippen LogP contribution in [0.1, 0.15) is 13.3 Å². The lowest BCUT2D eigenvalue weighted by atomic mass is 10.4. The number of aliphatic hydroxyl groups excluding tert-OH is 1. The quantitative estimate of drug-likeness (QED) is 0.275. The maximum atomic E-state index is 10.8. The van der Waals surface area contributed by atoms with Crippen LogP contribution in [0.5, 0.6) is 0 Å². The predicted octanol–water partition coefficient (Wildman–Crippen LogP) is 0.462. The lowest BCUT2D eigenvalue weighted by Gasteiger charge is -2.03. The van der Waals surface area contributed by atoms with Crippen molar-refractivity contribution in [3.63, 3.8) is 0 Å². The summed E-state index contributed by atoms with van der Waals surface area (Å²) in [6.07, 6.45) is 0.583. The van der Waals surface area contributed by atoms with Crippen molar-refractivity contribution in [3.8, 4) is 0 Å². The first-order valence-corrected chi connectivity index (χ1v) is 3.69. The van der Waals surface area contributed by atoms with E-state index in [0.717, 1.165) is 0 Å². The number of hydrogen-bond donors (Lipinski definition) is 1. The molecular formula is C8H14O4. The molecule has 0 spiro atoms. The average Bonchev–Trinajstić information content (AvgIpc) is 2.03. The van der Waals surface area contributed by atoms with Crippen LogP contribution in [0.15, 0.2) is 12.2 Å². The summed E-state index contributed by atoms with van der Waals surface area (Å²) in [5, 5.41) is 8.22. The van der Waals surface area contributed by atoms with Crippen LogP contribution in [0.3, 0.4) is 0 Å². The summed E-state index contributed by atoms with van der Waals surface area (Å²) in [5.41, 5.74) is 0.387. The van der Waals surface area contributed by atoms with Gasteiger partial charge in [0, 0.05) is 12.0 Å². The normalized spacial score (nSPS) is 9.50. The minimum absolute atomic E-state index is 0.297. The van der Waals surface area contributed by atoms with Gasteiger partial charge in [0.1, 0.15) is 6.79 Å². The van der Waals surface area contributed by atoms with Crippen LogP contribution in [-0.2, 0) is 14.3 Å². The predicted molar refractivity (Wildman–Crippen MR) is 43.4 cm³/mol. The van der Waals surface area contributed by atoms with Gasteiger partial charge in [0.2, 0.25) is 0 Å². The molecule has 0 saturated heterocycles. The molecule has 70 valence electrons. The van der Waals surface area contributed by atoms with E-state index in [1.807, 2.05) is 0 Å². The van der Waals surface area contributed by atoms with Gasteiger partial charge in [-0.05, 0) is 6.92 Å². The van der Waals surface area contributed by atoms with E-state index in [4.69, 9.17) is 9.84 Å². The highest BCUT2D eigenvalue weighted by atomic mass is 16.6. The van der Waals surface area contributed by atoms with Gasteiger partial charge in [0.05, 0.1) is 13.2 Å². The summed E-state index contributed by atoms with van der Waals surface area (Å²) in [5.74, 6) is -0.390. The second kappa shape index (κ2) is 6.82. The molecule has 0 unspecified atom stereocenters. The van der Waals surface area contributed by atoms with Crippen molar-refractivity contribution in [3.05, 3.63) is 12.2 Å². The molecule has 0 bridgehead atoms. The largest absolute Gasteiger partial charge is 0.462 e. The van der Waals surface area contributed by atoms with Crippen LogP contribution in [-0.4, -0.2) is 31.1 Å². The van der Waals surface area contributed by atoms with Crippen molar-refractivity contribution in [1.82, 2.24) is 0 Å². The Hall–Kier alpha value is -0.870. The summed E-state index contributed by atoms with van der Waals surface area (Å²) in [4.78, 5) is 10.8. The van der Waals surface area contributed by atoms with Crippen molar-refractivity contribution in [2.24, 2.45) is 0 Å². The van der Waals surface area contributed by atoms with E-state index in [1.54, 1.807) is 6.92 Å². The first kappa shape index (κ1) is 11.1. The van der Waals surface area contributed by atoms with Gasteiger partial charge in [-0.15, -0.1) is 0 Å². The molecule has 0 fully saturated rings. The number of hydrogen-bond acceptors (Lipinski definition) is 4. The highest BCUT2D eigenvalue weighted by molar-refractivity contribution is 5.86. The zero-order valence-electron chi connectivity index (χ0n) is 7.21. The fraction of sp³-hybridized carbons (Fsp3) is 0.625. The third-order valence-corrected chi connectivity index (χ3v) is 1.11. The standard InChI is InChI=1S/C8H14O4/c1-7(2)8(10)12-5-3-4-11-6-9/h9H,1,3-6H2,2H3. The van der Waals surface area contributed by atoms with Gasteiger partial charge < -0.3 is 14.6 Å². The van der Waals surface area contributed by atoms with Crippen LogP contribution in [0.25, 0.3) is 0 Å². The van der Waals surface area contributed by atoms with Crippen LogP contribution in [0.4, 0.5) is 0 Å². The Morgan fingerprint density at radius 1 is 1.50 bits per heavy atom. The molecule has 0 atom stereocenters. The Balaban J connectivity index is 3.20. The Morgan fingerprint density at radius 2 is 2.17 bits per heavy atom. The SMILES string of the molecule is C=C(C)C(=O)OCCCOCO. The van der Waals surface area contributed by atoms with E-state index in [-0.39, 0.29) is 12.8 Å². The second-order valence-electron chi connectivity index (χ2n) is 2.31. The molecule has 0 amide bonds. The monoisotopic (exact) mass is 174 g/mol. The summed E-state index contributed by atoms with van der Waals surface area (Å²) in [6, 6.07) is 0. The summed E-state index contributed by atoms with van der Waals surface area (Å²) in [7, 11) is 0. The number of aliphatic hydroxyl groups is 1. The van der Waals surface area contributed by atoms with E-state index < -0.39 is 0 Å². The molecule has 0 heterocycles. The molecule has 4 nitrogen and oxygen atoms in total. The van der Waals surface area contributed by atoms with Crippen molar-refractivity contribution >= 4 is 5.97 Å². The van der Waals surface area contributed by atoms with Crippen molar-refractivity contribution < 1.29 is 19.4 Å². The molecule has 0 aliphatic rings. The lowest BCUT2D eigenvalue weighted by molar-refractivity contribution is -0.139. The summed E-state index contributed by atoms with van der Waals surface area (Å²) in [6.45, 7) is 5.40. The molecule has 0 aliphatic carbocycles. The molecule has 1 N–H and O–H groups in total. The zero-order chi connectivity index (χ0) is 9.40.